The molecule has 0 radical (unpaired) electrons. The molecule has 0 saturated heterocycles. The third-order valence-corrected chi connectivity index (χ3v) is 3.92. The van der Waals surface area contributed by atoms with Crippen molar-refractivity contribution in [2.45, 2.75) is 25.9 Å². The standard InChI is InChI=1S/C18H18N2O3/c21-17(23-12-15-6-3-4-10-19-15)9-8-14-11-13-5-1-2-7-16(13)20-18(14)22/h1-7,10,14H,8-9,11-12H2,(H,20,22). The number of nitrogens with zero attached hydrogens (tertiary/aromatic N) is 1. The highest BCUT2D eigenvalue weighted by molar-refractivity contribution is 5.95. The van der Waals surface area contributed by atoms with Crippen LogP contribution in [-0.2, 0) is 27.4 Å². The molecule has 1 N–H and O–H groups in total. The van der Waals surface area contributed by atoms with Crippen molar-refractivity contribution in [2.24, 2.45) is 5.92 Å². The molecular formula is C18H18N2O3. The van der Waals surface area contributed by atoms with Crippen LogP contribution in [0.25, 0.3) is 0 Å². The van der Waals surface area contributed by atoms with Crippen LogP contribution in [0.15, 0.2) is 48.7 Å². The van der Waals surface area contributed by atoms with Crippen LogP contribution in [0.3, 0.4) is 0 Å². The lowest BCUT2D eigenvalue weighted by molar-refractivity contribution is -0.145. The molecule has 1 aromatic heterocycles. The lowest BCUT2D eigenvalue weighted by Gasteiger charge is -2.24. The van der Waals surface area contributed by atoms with Crippen LogP contribution in [-0.4, -0.2) is 16.9 Å². The fourth-order valence-corrected chi connectivity index (χ4v) is 2.65. The van der Waals surface area contributed by atoms with Gasteiger partial charge < -0.3 is 10.1 Å². The summed E-state index contributed by atoms with van der Waals surface area (Å²) in [6.07, 6.45) is 3.04. The van der Waals surface area contributed by atoms with Crippen LogP contribution in [0.1, 0.15) is 24.1 Å². The average Bonchev–Trinajstić information content (AvgIpc) is 2.59. The van der Waals surface area contributed by atoms with E-state index >= 15 is 0 Å². The van der Waals surface area contributed by atoms with Gasteiger partial charge in [-0.25, -0.2) is 0 Å². The van der Waals surface area contributed by atoms with E-state index in [0.29, 0.717) is 18.5 Å². The zero-order chi connectivity index (χ0) is 16.1. The molecule has 1 atom stereocenters. The Morgan fingerprint density at radius 3 is 2.87 bits per heavy atom. The summed E-state index contributed by atoms with van der Waals surface area (Å²) in [5, 5.41) is 2.89. The van der Waals surface area contributed by atoms with Crippen LogP contribution in [0.5, 0.6) is 0 Å². The van der Waals surface area contributed by atoms with Crippen molar-refractivity contribution in [1.82, 2.24) is 4.98 Å². The van der Waals surface area contributed by atoms with Gasteiger partial charge in [-0.15, -0.1) is 0 Å². The third kappa shape index (κ3) is 3.94. The molecule has 0 saturated carbocycles. The molecule has 1 aliphatic rings. The first-order valence-corrected chi connectivity index (χ1v) is 7.66. The summed E-state index contributed by atoms with van der Waals surface area (Å²) in [5.74, 6) is -0.518. The monoisotopic (exact) mass is 310 g/mol. The number of amides is 1. The van der Waals surface area contributed by atoms with E-state index < -0.39 is 0 Å². The number of nitrogens with one attached hydrogen (secondary N) is 1. The molecule has 1 aliphatic heterocycles. The lowest BCUT2D eigenvalue weighted by atomic mass is 9.90. The normalized spacial score (nSPS) is 16.3. The zero-order valence-electron chi connectivity index (χ0n) is 12.7. The number of anilines is 1. The minimum Gasteiger partial charge on any atom is -0.459 e. The molecule has 0 spiro atoms. The average molecular weight is 310 g/mol. The van der Waals surface area contributed by atoms with E-state index in [1.54, 1.807) is 12.3 Å². The van der Waals surface area contributed by atoms with E-state index in [1.807, 2.05) is 36.4 Å². The van der Waals surface area contributed by atoms with Gasteiger partial charge >= 0.3 is 5.97 Å². The lowest BCUT2D eigenvalue weighted by Crippen LogP contribution is -2.30. The van der Waals surface area contributed by atoms with Crippen molar-refractivity contribution in [3.8, 4) is 0 Å². The van der Waals surface area contributed by atoms with Gasteiger partial charge in [-0.2, -0.15) is 0 Å². The molecule has 0 bridgehead atoms. The van der Waals surface area contributed by atoms with Gasteiger partial charge in [0, 0.05) is 24.2 Å². The van der Waals surface area contributed by atoms with E-state index in [0.717, 1.165) is 11.3 Å². The maximum Gasteiger partial charge on any atom is 0.306 e. The van der Waals surface area contributed by atoms with Gasteiger partial charge in [0.15, 0.2) is 0 Å². The maximum absolute atomic E-state index is 12.1. The summed E-state index contributed by atoms with van der Waals surface area (Å²) in [7, 11) is 0. The van der Waals surface area contributed by atoms with Gasteiger partial charge in [0.2, 0.25) is 5.91 Å². The van der Waals surface area contributed by atoms with Crippen molar-refractivity contribution in [2.75, 3.05) is 5.32 Å². The zero-order valence-corrected chi connectivity index (χ0v) is 12.7. The van der Waals surface area contributed by atoms with Crippen LogP contribution in [0, 0.1) is 5.92 Å². The van der Waals surface area contributed by atoms with Crippen molar-refractivity contribution in [1.29, 1.82) is 0 Å². The molecule has 23 heavy (non-hydrogen) atoms. The molecule has 0 fully saturated rings. The number of hydrogen-bond acceptors (Lipinski definition) is 4. The Morgan fingerprint density at radius 2 is 2.04 bits per heavy atom. The second kappa shape index (κ2) is 7.05. The Balaban J connectivity index is 1.48. The first-order valence-electron chi connectivity index (χ1n) is 7.66. The van der Waals surface area contributed by atoms with Crippen molar-refractivity contribution in [3.05, 3.63) is 59.9 Å². The number of esters is 1. The summed E-state index contributed by atoms with van der Waals surface area (Å²) < 4.78 is 5.19. The Morgan fingerprint density at radius 1 is 1.22 bits per heavy atom. The number of carbonyl (C=O) groups is 2. The van der Waals surface area contributed by atoms with Gasteiger partial charge in [-0.1, -0.05) is 24.3 Å². The summed E-state index contributed by atoms with van der Waals surface area (Å²) in [6, 6.07) is 13.2. The highest BCUT2D eigenvalue weighted by atomic mass is 16.5. The molecule has 118 valence electrons. The van der Waals surface area contributed by atoms with Gasteiger partial charge in [-0.3, -0.25) is 14.6 Å². The van der Waals surface area contributed by atoms with Gasteiger partial charge in [0.1, 0.15) is 6.61 Å². The first-order chi connectivity index (χ1) is 11.2. The summed E-state index contributed by atoms with van der Waals surface area (Å²) in [6.45, 7) is 0.166. The van der Waals surface area contributed by atoms with Crippen molar-refractivity contribution in [3.63, 3.8) is 0 Å². The summed E-state index contributed by atoms with van der Waals surface area (Å²) >= 11 is 0. The predicted molar refractivity (Wildman–Crippen MR) is 85.5 cm³/mol. The van der Waals surface area contributed by atoms with Crippen LogP contribution in [0.4, 0.5) is 5.69 Å². The Bertz CT molecular complexity index is 700. The van der Waals surface area contributed by atoms with Crippen molar-refractivity contribution < 1.29 is 14.3 Å². The minimum absolute atomic E-state index is 0.0266. The number of carbonyl (C=O) groups excluding carboxylic acids is 2. The molecule has 1 unspecified atom stereocenters. The van der Waals surface area contributed by atoms with E-state index in [9.17, 15) is 9.59 Å². The predicted octanol–water partition coefficient (Wildman–Crippen LogP) is 2.72. The summed E-state index contributed by atoms with van der Waals surface area (Å²) in [4.78, 5) is 28.0. The van der Waals surface area contributed by atoms with E-state index in [1.165, 1.54) is 0 Å². The SMILES string of the molecule is O=C(CCC1Cc2ccccc2NC1=O)OCc1ccccn1. The minimum atomic E-state index is -0.303. The third-order valence-electron chi connectivity index (χ3n) is 3.92. The number of pyridine rings is 1. The molecule has 2 aromatic rings. The van der Waals surface area contributed by atoms with Crippen LogP contribution < -0.4 is 5.32 Å². The highest BCUT2D eigenvalue weighted by Crippen LogP contribution is 2.27. The topological polar surface area (TPSA) is 68.3 Å². The quantitative estimate of drug-likeness (QED) is 0.862. The van der Waals surface area contributed by atoms with E-state index in [4.69, 9.17) is 4.74 Å². The number of benzene rings is 1. The van der Waals surface area contributed by atoms with Gasteiger partial charge in [0.05, 0.1) is 5.69 Å². The molecule has 1 aromatic carbocycles. The van der Waals surface area contributed by atoms with Gasteiger partial charge in [0.25, 0.3) is 0 Å². The Hall–Kier alpha value is -2.69. The fraction of sp³-hybridized carbons (Fsp3) is 0.278. The number of rotatable bonds is 5. The first kappa shape index (κ1) is 15.2. The van der Waals surface area contributed by atoms with E-state index in [2.05, 4.69) is 10.3 Å². The Kier molecular flexibility index (Phi) is 4.66. The molecule has 5 heteroatoms. The smallest absolute Gasteiger partial charge is 0.306 e. The fourth-order valence-electron chi connectivity index (χ4n) is 2.65. The Labute approximate surface area is 134 Å². The number of hydrogen-bond donors (Lipinski definition) is 1. The highest BCUT2D eigenvalue weighted by Gasteiger charge is 2.26. The van der Waals surface area contributed by atoms with Crippen molar-refractivity contribution >= 4 is 17.6 Å². The number of para-hydroxylation sites is 1. The molecule has 2 heterocycles. The molecule has 1 amide bonds. The second-order valence-corrected chi connectivity index (χ2v) is 5.57. The molecule has 5 nitrogen and oxygen atoms in total. The molecule has 3 rings (SSSR count). The van der Waals surface area contributed by atoms with Gasteiger partial charge in [-0.05, 0) is 36.6 Å². The maximum atomic E-state index is 12.1. The molecule has 0 aliphatic carbocycles. The van der Waals surface area contributed by atoms with E-state index in [-0.39, 0.29) is 30.8 Å². The second-order valence-electron chi connectivity index (χ2n) is 5.57. The number of aromatic nitrogens is 1. The van der Waals surface area contributed by atoms with Crippen LogP contribution >= 0.6 is 0 Å². The number of ether oxygens (including phenoxy) is 1. The number of fused-ring (bicyclic) bond motifs is 1. The summed E-state index contributed by atoms with van der Waals surface area (Å²) in [5.41, 5.74) is 2.69. The van der Waals surface area contributed by atoms with Crippen LogP contribution in [0.2, 0.25) is 0 Å². The largest absolute Gasteiger partial charge is 0.459 e. The molecular weight excluding hydrogens is 292 g/mol.